The summed E-state index contributed by atoms with van der Waals surface area (Å²) in [5, 5.41) is 0. The molecule has 1 aromatic rings. The first-order valence-electron chi connectivity index (χ1n) is 7.79. The van der Waals surface area contributed by atoms with Gasteiger partial charge < -0.3 is 4.90 Å². The summed E-state index contributed by atoms with van der Waals surface area (Å²) in [6, 6.07) is 6.40. The number of amides is 1. The van der Waals surface area contributed by atoms with Crippen LogP contribution >= 0.6 is 0 Å². The summed E-state index contributed by atoms with van der Waals surface area (Å²) in [6.07, 6.45) is 1.20. The van der Waals surface area contributed by atoms with Gasteiger partial charge in [0, 0.05) is 39.1 Å². The van der Waals surface area contributed by atoms with Crippen molar-refractivity contribution >= 4 is 5.91 Å². The lowest BCUT2D eigenvalue weighted by Gasteiger charge is -2.35. The van der Waals surface area contributed by atoms with Gasteiger partial charge in [0.1, 0.15) is 5.82 Å². The summed E-state index contributed by atoms with van der Waals surface area (Å²) >= 11 is 0. The number of piperazine rings is 1. The van der Waals surface area contributed by atoms with Crippen molar-refractivity contribution in [2.24, 2.45) is 5.92 Å². The van der Waals surface area contributed by atoms with Gasteiger partial charge in [-0.2, -0.15) is 0 Å². The van der Waals surface area contributed by atoms with Crippen LogP contribution in [0.5, 0.6) is 0 Å². The molecule has 116 valence electrons. The molecule has 0 atom stereocenters. The van der Waals surface area contributed by atoms with Gasteiger partial charge in [-0.15, -0.1) is 0 Å². The summed E-state index contributed by atoms with van der Waals surface area (Å²) in [4.78, 5) is 16.6. The molecule has 1 heterocycles. The van der Waals surface area contributed by atoms with Crippen LogP contribution in [0.25, 0.3) is 0 Å². The average Bonchev–Trinajstić information content (AvgIpc) is 2.46. The van der Waals surface area contributed by atoms with Crippen molar-refractivity contribution in [2.75, 3.05) is 32.7 Å². The molecule has 0 spiro atoms. The van der Waals surface area contributed by atoms with Gasteiger partial charge in [0.05, 0.1) is 0 Å². The van der Waals surface area contributed by atoms with Crippen molar-refractivity contribution in [3.8, 4) is 0 Å². The van der Waals surface area contributed by atoms with Gasteiger partial charge in [-0.3, -0.25) is 9.69 Å². The Morgan fingerprint density at radius 2 is 1.76 bits per heavy atom. The van der Waals surface area contributed by atoms with E-state index >= 15 is 0 Å². The molecule has 0 unspecified atom stereocenters. The van der Waals surface area contributed by atoms with E-state index in [0.29, 0.717) is 18.8 Å². The molecule has 3 nitrogen and oxygen atoms in total. The number of hydrogen-bond donors (Lipinski definition) is 0. The van der Waals surface area contributed by atoms with E-state index in [9.17, 15) is 9.18 Å². The third kappa shape index (κ3) is 5.12. The molecule has 0 aromatic heterocycles. The molecule has 2 rings (SSSR count). The maximum absolute atomic E-state index is 12.8. The molecule has 21 heavy (non-hydrogen) atoms. The van der Waals surface area contributed by atoms with Crippen molar-refractivity contribution in [2.45, 2.75) is 26.7 Å². The maximum Gasteiger partial charge on any atom is 0.222 e. The second-order valence-electron chi connectivity index (χ2n) is 6.20. The number of benzene rings is 1. The van der Waals surface area contributed by atoms with Crippen molar-refractivity contribution in [3.63, 3.8) is 0 Å². The molecule has 1 fully saturated rings. The van der Waals surface area contributed by atoms with Gasteiger partial charge in [-0.1, -0.05) is 26.0 Å². The Kier molecular flexibility index (Phi) is 5.74. The summed E-state index contributed by atoms with van der Waals surface area (Å²) in [7, 11) is 0. The Morgan fingerprint density at radius 1 is 1.14 bits per heavy atom. The molecule has 1 aliphatic rings. The summed E-state index contributed by atoms with van der Waals surface area (Å²) in [5.74, 6) is 0.653. The fourth-order valence-electron chi connectivity index (χ4n) is 2.76. The van der Waals surface area contributed by atoms with Crippen molar-refractivity contribution < 1.29 is 9.18 Å². The van der Waals surface area contributed by atoms with Gasteiger partial charge in [0.15, 0.2) is 0 Å². The van der Waals surface area contributed by atoms with E-state index in [2.05, 4.69) is 18.7 Å². The largest absolute Gasteiger partial charge is 0.340 e. The average molecular weight is 292 g/mol. The van der Waals surface area contributed by atoms with Crippen LogP contribution in [0.3, 0.4) is 0 Å². The minimum atomic E-state index is -0.230. The molecule has 0 saturated carbocycles. The molecular weight excluding hydrogens is 267 g/mol. The van der Waals surface area contributed by atoms with Crippen LogP contribution in [0, 0.1) is 11.7 Å². The highest BCUT2D eigenvalue weighted by Gasteiger charge is 2.20. The summed E-state index contributed by atoms with van der Waals surface area (Å²) in [5.41, 5.74) is 1.02. The van der Waals surface area contributed by atoms with E-state index in [-0.39, 0.29) is 11.7 Å². The van der Waals surface area contributed by atoms with Crippen molar-refractivity contribution in [3.05, 3.63) is 35.6 Å². The van der Waals surface area contributed by atoms with E-state index in [1.165, 1.54) is 12.1 Å². The van der Waals surface area contributed by atoms with Gasteiger partial charge in [0.25, 0.3) is 0 Å². The highest BCUT2D eigenvalue weighted by Crippen LogP contribution is 2.10. The fourth-order valence-corrected chi connectivity index (χ4v) is 2.76. The van der Waals surface area contributed by atoms with Crippen LogP contribution in [-0.2, 0) is 11.2 Å². The molecule has 0 radical (unpaired) electrons. The van der Waals surface area contributed by atoms with Crippen LogP contribution in [0.1, 0.15) is 25.8 Å². The highest BCUT2D eigenvalue weighted by atomic mass is 19.1. The van der Waals surface area contributed by atoms with Gasteiger partial charge >= 0.3 is 0 Å². The number of aryl methyl sites for hydroxylation is 1. The summed E-state index contributed by atoms with van der Waals surface area (Å²) < 4.78 is 12.8. The molecule has 1 aliphatic heterocycles. The molecule has 0 aliphatic carbocycles. The minimum Gasteiger partial charge on any atom is -0.340 e. The lowest BCUT2D eigenvalue weighted by molar-refractivity contribution is -0.132. The number of rotatable bonds is 5. The van der Waals surface area contributed by atoms with Crippen LogP contribution in [0.15, 0.2) is 24.3 Å². The van der Waals surface area contributed by atoms with Crippen LogP contribution in [-0.4, -0.2) is 48.4 Å². The van der Waals surface area contributed by atoms with Crippen LogP contribution < -0.4 is 0 Å². The van der Waals surface area contributed by atoms with Gasteiger partial charge in [0.2, 0.25) is 5.91 Å². The smallest absolute Gasteiger partial charge is 0.222 e. The Bertz CT molecular complexity index is 450. The summed E-state index contributed by atoms with van der Waals surface area (Å²) in [6.45, 7) is 9.16. The Morgan fingerprint density at radius 3 is 2.33 bits per heavy atom. The zero-order valence-electron chi connectivity index (χ0n) is 13.0. The Balaban J connectivity index is 1.73. The second kappa shape index (κ2) is 7.55. The quantitative estimate of drug-likeness (QED) is 0.833. The predicted molar refractivity (Wildman–Crippen MR) is 82.6 cm³/mol. The normalized spacial score (nSPS) is 16.5. The highest BCUT2D eigenvalue weighted by molar-refractivity contribution is 5.76. The van der Waals surface area contributed by atoms with E-state index in [1.54, 1.807) is 12.1 Å². The first kappa shape index (κ1) is 16.0. The van der Waals surface area contributed by atoms with Crippen LogP contribution in [0.4, 0.5) is 4.39 Å². The number of carbonyl (C=O) groups is 1. The molecule has 0 bridgehead atoms. The standard InChI is InChI=1S/C17H25FN2O/c1-14(2)13-19-9-11-20(12-10-19)17(21)8-5-15-3-6-16(18)7-4-15/h3-4,6-7,14H,5,8-13H2,1-2H3. The molecular formula is C17H25FN2O. The van der Waals surface area contributed by atoms with E-state index in [0.717, 1.165) is 38.3 Å². The number of halogens is 1. The Hall–Kier alpha value is -1.42. The lowest BCUT2D eigenvalue weighted by Crippen LogP contribution is -2.49. The monoisotopic (exact) mass is 292 g/mol. The Labute approximate surface area is 126 Å². The number of carbonyl (C=O) groups excluding carboxylic acids is 1. The van der Waals surface area contributed by atoms with E-state index in [1.807, 2.05) is 4.90 Å². The third-order valence-corrected chi connectivity index (χ3v) is 3.89. The van der Waals surface area contributed by atoms with E-state index in [4.69, 9.17) is 0 Å². The molecule has 4 heteroatoms. The first-order chi connectivity index (χ1) is 10.0. The zero-order valence-corrected chi connectivity index (χ0v) is 13.0. The van der Waals surface area contributed by atoms with Gasteiger partial charge in [-0.25, -0.2) is 4.39 Å². The van der Waals surface area contributed by atoms with Crippen molar-refractivity contribution in [1.29, 1.82) is 0 Å². The third-order valence-electron chi connectivity index (χ3n) is 3.89. The number of nitrogens with zero attached hydrogens (tertiary/aromatic N) is 2. The maximum atomic E-state index is 12.8. The second-order valence-corrected chi connectivity index (χ2v) is 6.20. The first-order valence-corrected chi connectivity index (χ1v) is 7.79. The molecule has 1 aromatic carbocycles. The lowest BCUT2D eigenvalue weighted by atomic mass is 10.1. The minimum absolute atomic E-state index is 0.212. The van der Waals surface area contributed by atoms with Crippen molar-refractivity contribution in [1.82, 2.24) is 9.80 Å². The van der Waals surface area contributed by atoms with Gasteiger partial charge in [-0.05, 0) is 30.0 Å². The zero-order chi connectivity index (χ0) is 15.2. The molecule has 0 N–H and O–H groups in total. The fraction of sp³-hybridized carbons (Fsp3) is 0.588. The van der Waals surface area contributed by atoms with Crippen LogP contribution in [0.2, 0.25) is 0 Å². The SMILES string of the molecule is CC(C)CN1CCN(C(=O)CCc2ccc(F)cc2)CC1. The number of hydrogen-bond acceptors (Lipinski definition) is 2. The topological polar surface area (TPSA) is 23.6 Å². The molecule has 1 amide bonds. The van der Waals surface area contributed by atoms with E-state index < -0.39 is 0 Å². The molecule has 1 saturated heterocycles. The predicted octanol–water partition coefficient (Wildman–Crippen LogP) is 2.56.